The third-order valence-electron chi connectivity index (χ3n) is 8.45. The first kappa shape index (κ1) is 26.0. The molecular formula is C27H39N3O4S. The van der Waals surface area contributed by atoms with Crippen molar-refractivity contribution in [3.63, 3.8) is 0 Å². The van der Waals surface area contributed by atoms with E-state index in [0.717, 1.165) is 25.7 Å². The van der Waals surface area contributed by atoms with Gasteiger partial charge in [-0.3, -0.25) is 14.4 Å². The van der Waals surface area contributed by atoms with Crippen LogP contribution in [0, 0.1) is 23.7 Å². The first-order chi connectivity index (χ1) is 16.8. The van der Waals surface area contributed by atoms with E-state index in [1.807, 2.05) is 44.2 Å². The second kappa shape index (κ2) is 10.5. The van der Waals surface area contributed by atoms with Crippen LogP contribution in [-0.4, -0.2) is 63.0 Å². The summed E-state index contributed by atoms with van der Waals surface area (Å²) >= 11 is 1.67. The molecule has 8 atom stereocenters. The van der Waals surface area contributed by atoms with Gasteiger partial charge >= 0.3 is 0 Å². The zero-order chi connectivity index (χ0) is 25.3. The Kier molecular flexibility index (Phi) is 7.81. The van der Waals surface area contributed by atoms with Crippen molar-refractivity contribution in [2.75, 3.05) is 18.5 Å². The molecule has 4 rings (SSSR count). The number of fused-ring (bicyclic) bond motifs is 1. The molecule has 8 heteroatoms. The quantitative estimate of drug-likeness (QED) is 0.428. The van der Waals surface area contributed by atoms with E-state index in [4.69, 9.17) is 0 Å². The number of anilines is 1. The number of thioether (sulfide) groups is 1. The Balaban J connectivity index is 1.73. The molecule has 3 aliphatic rings. The van der Waals surface area contributed by atoms with Crippen molar-refractivity contribution in [3.05, 3.63) is 30.3 Å². The molecule has 3 aliphatic heterocycles. The number of hydrogen-bond acceptors (Lipinski definition) is 5. The molecule has 0 saturated carbocycles. The van der Waals surface area contributed by atoms with Crippen molar-refractivity contribution in [2.45, 2.75) is 75.5 Å². The van der Waals surface area contributed by atoms with Crippen molar-refractivity contribution < 1.29 is 19.5 Å². The molecule has 3 fully saturated rings. The summed E-state index contributed by atoms with van der Waals surface area (Å²) in [7, 11) is 0. The number of unbranched alkanes of at least 4 members (excludes halogenated alkanes) is 1. The van der Waals surface area contributed by atoms with E-state index in [1.54, 1.807) is 16.7 Å². The monoisotopic (exact) mass is 501 g/mol. The number of para-hydroxylation sites is 1. The van der Waals surface area contributed by atoms with Gasteiger partial charge in [0.1, 0.15) is 6.04 Å². The summed E-state index contributed by atoms with van der Waals surface area (Å²) < 4.78 is -0.669. The highest BCUT2D eigenvalue weighted by Gasteiger charge is 2.76. The number of aliphatic hydroxyl groups excluding tert-OH is 1. The maximum atomic E-state index is 14.2. The number of carbonyl (C=O) groups is 3. The fourth-order valence-corrected chi connectivity index (χ4v) is 8.87. The van der Waals surface area contributed by atoms with Crippen molar-refractivity contribution >= 4 is 35.2 Å². The Morgan fingerprint density at radius 1 is 1.23 bits per heavy atom. The van der Waals surface area contributed by atoms with Crippen LogP contribution in [0.25, 0.3) is 0 Å². The summed E-state index contributed by atoms with van der Waals surface area (Å²) in [5, 5.41) is 16.5. The van der Waals surface area contributed by atoms with Crippen LogP contribution in [0.5, 0.6) is 0 Å². The Morgan fingerprint density at radius 3 is 2.57 bits per heavy atom. The standard InChI is InChI=1S/C27H39N3O4S/c1-5-7-13-28-25(33)23-27-17(4)14-20(35-27)21(24(32)29-18-11-9-8-10-12-18)22(27)26(34)30(23)19(15-31)16(3)6-2/h8-12,16-17,19-23,31H,5-7,13-15H2,1-4H3,(H,28,33)(H,29,32)/t16-,17?,19-,20+,21-,22-,23?,27?/m0/s1. The van der Waals surface area contributed by atoms with Gasteiger partial charge in [-0.25, -0.2) is 0 Å². The molecule has 0 radical (unpaired) electrons. The first-order valence-electron chi connectivity index (χ1n) is 13.1. The Bertz CT molecular complexity index is 944. The second-order valence-electron chi connectivity index (χ2n) is 10.4. The van der Waals surface area contributed by atoms with Crippen LogP contribution in [0.1, 0.15) is 53.4 Å². The molecule has 192 valence electrons. The highest BCUT2D eigenvalue weighted by atomic mass is 32.2. The predicted octanol–water partition coefficient (Wildman–Crippen LogP) is 3.29. The topological polar surface area (TPSA) is 98.7 Å². The van der Waals surface area contributed by atoms with Crippen LogP contribution in [0.3, 0.4) is 0 Å². The summed E-state index contributed by atoms with van der Waals surface area (Å²) in [5.41, 5.74) is 0.705. The van der Waals surface area contributed by atoms with Gasteiger partial charge in [-0.1, -0.05) is 58.7 Å². The third-order valence-corrected chi connectivity index (χ3v) is 10.5. The van der Waals surface area contributed by atoms with E-state index in [0.29, 0.717) is 12.2 Å². The Hall–Kier alpha value is -2.06. The lowest BCUT2D eigenvalue weighted by Crippen LogP contribution is -2.59. The van der Waals surface area contributed by atoms with Crippen LogP contribution in [-0.2, 0) is 14.4 Å². The molecule has 0 aliphatic carbocycles. The Labute approximate surface area is 212 Å². The molecule has 35 heavy (non-hydrogen) atoms. The normalized spacial score (nSPS) is 32.9. The molecule has 0 aromatic heterocycles. The number of nitrogens with one attached hydrogen (secondary N) is 2. The molecule has 3 unspecified atom stereocenters. The highest BCUT2D eigenvalue weighted by molar-refractivity contribution is 8.02. The van der Waals surface area contributed by atoms with E-state index in [2.05, 4.69) is 24.5 Å². The predicted molar refractivity (Wildman–Crippen MR) is 139 cm³/mol. The summed E-state index contributed by atoms with van der Waals surface area (Å²) in [6.45, 7) is 8.59. The minimum Gasteiger partial charge on any atom is -0.394 e. The van der Waals surface area contributed by atoms with Gasteiger partial charge in [-0.05, 0) is 36.8 Å². The Morgan fingerprint density at radius 2 is 1.94 bits per heavy atom. The smallest absolute Gasteiger partial charge is 0.244 e. The zero-order valence-electron chi connectivity index (χ0n) is 21.2. The van der Waals surface area contributed by atoms with Gasteiger partial charge in [-0.2, -0.15) is 0 Å². The number of amides is 3. The number of rotatable bonds is 10. The van der Waals surface area contributed by atoms with E-state index in [-0.39, 0.29) is 41.4 Å². The average Bonchev–Trinajstić information content (AvgIpc) is 3.44. The number of hydrogen-bond donors (Lipinski definition) is 3. The van der Waals surface area contributed by atoms with Gasteiger partial charge < -0.3 is 20.6 Å². The molecule has 2 bridgehead atoms. The van der Waals surface area contributed by atoms with Gasteiger partial charge in [0, 0.05) is 17.5 Å². The molecule has 3 amide bonds. The number of benzene rings is 1. The van der Waals surface area contributed by atoms with Gasteiger partial charge in [0.05, 0.1) is 29.2 Å². The molecule has 1 aromatic rings. The number of nitrogens with zero attached hydrogens (tertiary/aromatic N) is 1. The van der Waals surface area contributed by atoms with E-state index in [1.165, 1.54) is 0 Å². The number of carbonyl (C=O) groups excluding carboxylic acids is 3. The van der Waals surface area contributed by atoms with Gasteiger partial charge in [0.25, 0.3) is 0 Å². The van der Waals surface area contributed by atoms with Crippen molar-refractivity contribution in [3.8, 4) is 0 Å². The largest absolute Gasteiger partial charge is 0.394 e. The fourth-order valence-electron chi connectivity index (χ4n) is 6.46. The summed E-state index contributed by atoms with van der Waals surface area (Å²) in [5.74, 6) is -1.41. The molecule has 3 saturated heterocycles. The lowest BCUT2D eigenvalue weighted by molar-refractivity contribution is -0.143. The van der Waals surface area contributed by atoms with E-state index in [9.17, 15) is 19.5 Å². The first-order valence-corrected chi connectivity index (χ1v) is 13.9. The zero-order valence-corrected chi connectivity index (χ0v) is 22.0. The van der Waals surface area contributed by atoms with Crippen molar-refractivity contribution in [1.82, 2.24) is 10.2 Å². The van der Waals surface area contributed by atoms with Crippen LogP contribution >= 0.6 is 11.8 Å². The van der Waals surface area contributed by atoms with Crippen LogP contribution in [0.4, 0.5) is 5.69 Å². The molecule has 3 heterocycles. The lowest BCUT2D eigenvalue weighted by atomic mass is 9.66. The van der Waals surface area contributed by atoms with Crippen LogP contribution < -0.4 is 10.6 Å². The molecule has 7 nitrogen and oxygen atoms in total. The highest BCUT2D eigenvalue weighted by Crippen LogP contribution is 2.69. The van der Waals surface area contributed by atoms with Gasteiger partial charge in [-0.15, -0.1) is 11.8 Å². The summed E-state index contributed by atoms with van der Waals surface area (Å²) in [4.78, 5) is 43.2. The van der Waals surface area contributed by atoms with Crippen LogP contribution in [0.2, 0.25) is 0 Å². The molecule has 1 aromatic carbocycles. The van der Waals surface area contributed by atoms with Gasteiger partial charge in [0.2, 0.25) is 17.7 Å². The summed E-state index contributed by atoms with van der Waals surface area (Å²) in [6, 6.07) is 8.16. The average molecular weight is 502 g/mol. The SMILES string of the molecule is CCCCNC(=O)C1N([C@@H](CO)[C@@H](C)CC)C(=O)[C@@H]2[C@@H](C(=O)Nc3ccccc3)[C@H]3CC(C)C12S3. The van der Waals surface area contributed by atoms with Crippen molar-refractivity contribution in [1.29, 1.82) is 0 Å². The van der Waals surface area contributed by atoms with E-state index >= 15 is 0 Å². The molecule has 3 N–H and O–H groups in total. The fraction of sp³-hybridized carbons (Fsp3) is 0.667. The maximum absolute atomic E-state index is 14.2. The maximum Gasteiger partial charge on any atom is 0.244 e. The third kappa shape index (κ3) is 4.26. The minimum atomic E-state index is -0.692. The lowest BCUT2D eigenvalue weighted by Gasteiger charge is -2.41. The van der Waals surface area contributed by atoms with E-state index < -0.39 is 28.7 Å². The number of aliphatic hydroxyl groups is 1. The number of likely N-dealkylation sites (tertiary alicyclic amines) is 1. The molecular weight excluding hydrogens is 462 g/mol. The summed E-state index contributed by atoms with van der Waals surface area (Å²) in [6.07, 6.45) is 3.40. The van der Waals surface area contributed by atoms with Crippen molar-refractivity contribution in [2.24, 2.45) is 23.7 Å². The molecule has 1 spiro atoms. The second-order valence-corrected chi connectivity index (χ2v) is 12.0. The van der Waals surface area contributed by atoms with Gasteiger partial charge in [0.15, 0.2) is 0 Å². The minimum absolute atomic E-state index is 0.00747. The van der Waals surface area contributed by atoms with Crippen LogP contribution in [0.15, 0.2) is 30.3 Å².